The highest BCUT2D eigenvalue weighted by molar-refractivity contribution is 5.85. The number of carboxylic acids is 1. The van der Waals surface area contributed by atoms with Crippen LogP contribution in [0.5, 0.6) is 0 Å². The van der Waals surface area contributed by atoms with Crippen molar-refractivity contribution in [2.24, 2.45) is 17.3 Å². The largest absolute Gasteiger partial charge is 0.481 e. The van der Waals surface area contributed by atoms with Gasteiger partial charge >= 0.3 is 5.97 Å². The van der Waals surface area contributed by atoms with E-state index in [2.05, 4.69) is 20.8 Å². The molecule has 4 nitrogen and oxygen atoms in total. The highest BCUT2D eigenvalue weighted by Crippen LogP contribution is 2.33. The van der Waals surface area contributed by atoms with E-state index in [9.17, 15) is 9.59 Å². The van der Waals surface area contributed by atoms with Crippen molar-refractivity contribution in [3.05, 3.63) is 0 Å². The number of hydrogen-bond donors (Lipinski definition) is 1. The van der Waals surface area contributed by atoms with Gasteiger partial charge < -0.3 is 10.0 Å². The van der Waals surface area contributed by atoms with Crippen LogP contribution in [0.25, 0.3) is 0 Å². The molecule has 4 heteroatoms. The lowest BCUT2D eigenvalue weighted by Gasteiger charge is -2.29. The van der Waals surface area contributed by atoms with Crippen LogP contribution in [0.4, 0.5) is 0 Å². The van der Waals surface area contributed by atoms with Crippen LogP contribution in [0.3, 0.4) is 0 Å². The van der Waals surface area contributed by atoms with Crippen molar-refractivity contribution in [3.8, 4) is 0 Å². The van der Waals surface area contributed by atoms with Gasteiger partial charge in [-0.1, -0.05) is 27.2 Å². The van der Waals surface area contributed by atoms with Crippen molar-refractivity contribution in [2.75, 3.05) is 13.6 Å². The first-order valence-electron chi connectivity index (χ1n) is 6.20. The van der Waals surface area contributed by atoms with Gasteiger partial charge in [0.15, 0.2) is 0 Å². The predicted molar refractivity (Wildman–Crippen MR) is 65.6 cm³/mol. The van der Waals surface area contributed by atoms with Crippen molar-refractivity contribution in [1.82, 2.24) is 4.90 Å². The highest BCUT2D eigenvalue weighted by Gasteiger charge is 2.39. The van der Waals surface area contributed by atoms with Gasteiger partial charge in [-0.3, -0.25) is 9.59 Å². The summed E-state index contributed by atoms with van der Waals surface area (Å²) in [5.41, 5.74) is 0.0434. The minimum atomic E-state index is -0.829. The van der Waals surface area contributed by atoms with E-state index in [4.69, 9.17) is 5.11 Å². The molecule has 0 heterocycles. The van der Waals surface area contributed by atoms with Crippen LogP contribution in [0.15, 0.2) is 0 Å². The van der Waals surface area contributed by atoms with Gasteiger partial charge in [-0.05, 0) is 18.3 Å². The quantitative estimate of drug-likeness (QED) is 0.822. The Kier molecular flexibility index (Phi) is 4.17. The Morgan fingerprint density at radius 1 is 1.24 bits per heavy atom. The van der Waals surface area contributed by atoms with Crippen LogP contribution in [0.1, 0.15) is 40.0 Å². The Bertz CT molecular complexity index is 306. The van der Waals surface area contributed by atoms with Crippen molar-refractivity contribution in [3.63, 3.8) is 0 Å². The van der Waals surface area contributed by atoms with Gasteiger partial charge in [0.1, 0.15) is 0 Å². The maximum Gasteiger partial charge on any atom is 0.307 e. The predicted octanol–water partition coefficient (Wildman–Crippen LogP) is 1.99. The van der Waals surface area contributed by atoms with Gasteiger partial charge in [0.2, 0.25) is 5.91 Å². The molecular weight excluding hydrogens is 218 g/mol. The molecule has 1 amide bonds. The van der Waals surface area contributed by atoms with E-state index in [1.165, 1.54) is 0 Å². The molecule has 98 valence electrons. The monoisotopic (exact) mass is 241 g/mol. The highest BCUT2D eigenvalue weighted by atomic mass is 16.4. The fourth-order valence-corrected chi connectivity index (χ4v) is 2.62. The second kappa shape index (κ2) is 5.07. The molecule has 2 unspecified atom stereocenters. The molecule has 0 aromatic rings. The Morgan fingerprint density at radius 2 is 1.76 bits per heavy atom. The van der Waals surface area contributed by atoms with Crippen LogP contribution in [0.2, 0.25) is 0 Å². The molecule has 2 atom stereocenters. The topological polar surface area (TPSA) is 57.6 Å². The molecule has 0 radical (unpaired) electrons. The lowest BCUT2D eigenvalue weighted by molar-refractivity contribution is -0.149. The molecule has 0 aliphatic heterocycles. The van der Waals surface area contributed by atoms with Crippen LogP contribution in [0, 0.1) is 17.3 Å². The third-order valence-corrected chi connectivity index (χ3v) is 3.24. The van der Waals surface area contributed by atoms with E-state index in [1.54, 1.807) is 11.9 Å². The summed E-state index contributed by atoms with van der Waals surface area (Å²) in [4.78, 5) is 24.9. The van der Waals surface area contributed by atoms with Crippen molar-refractivity contribution in [2.45, 2.75) is 40.0 Å². The van der Waals surface area contributed by atoms with E-state index in [1.807, 2.05) is 0 Å². The number of aliphatic carboxylic acids is 1. The standard InChI is InChI=1S/C13H23NO3/c1-13(2,3)8-14(4)11(15)9-6-5-7-10(9)12(16)17/h9-10H,5-8H2,1-4H3,(H,16,17). The molecule has 17 heavy (non-hydrogen) atoms. The number of amides is 1. The molecule has 0 bridgehead atoms. The zero-order valence-corrected chi connectivity index (χ0v) is 11.2. The minimum absolute atomic E-state index is 0.00942. The fraction of sp³-hybridized carbons (Fsp3) is 0.846. The lowest BCUT2D eigenvalue weighted by atomic mass is 9.92. The summed E-state index contributed by atoms with van der Waals surface area (Å²) in [6.07, 6.45) is 2.19. The molecule has 0 spiro atoms. The molecular formula is C13H23NO3. The average molecular weight is 241 g/mol. The molecule has 1 N–H and O–H groups in total. The number of carbonyl (C=O) groups excluding carboxylic acids is 1. The van der Waals surface area contributed by atoms with E-state index in [0.717, 1.165) is 6.42 Å². The van der Waals surface area contributed by atoms with Crippen molar-refractivity contribution in [1.29, 1.82) is 0 Å². The Labute approximate surface area is 103 Å². The summed E-state index contributed by atoms with van der Waals surface area (Å²) >= 11 is 0. The number of nitrogens with zero attached hydrogens (tertiary/aromatic N) is 1. The third kappa shape index (κ3) is 3.72. The summed E-state index contributed by atoms with van der Waals surface area (Å²) in [5.74, 6) is -1.64. The number of carboxylic acid groups (broad SMARTS) is 1. The van der Waals surface area contributed by atoms with Crippen LogP contribution in [-0.4, -0.2) is 35.5 Å². The second-order valence-electron chi connectivity index (χ2n) is 6.24. The Morgan fingerprint density at radius 3 is 2.24 bits per heavy atom. The van der Waals surface area contributed by atoms with Crippen molar-refractivity contribution >= 4 is 11.9 Å². The van der Waals surface area contributed by atoms with Crippen LogP contribution >= 0.6 is 0 Å². The number of hydrogen-bond acceptors (Lipinski definition) is 2. The average Bonchev–Trinajstić information content (AvgIpc) is 2.61. The molecule has 0 aromatic carbocycles. The fourth-order valence-electron chi connectivity index (χ4n) is 2.62. The normalized spacial score (nSPS) is 24.7. The first-order chi connectivity index (χ1) is 7.72. The molecule has 1 fully saturated rings. The first kappa shape index (κ1) is 14.0. The first-order valence-corrected chi connectivity index (χ1v) is 6.20. The van der Waals surface area contributed by atoms with Gasteiger partial charge in [-0.15, -0.1) is 0 Å². The zero-order chi connectivity index (χ0) is 13.2. The lowest BCUT2D eigenvalue weighted by Crippen LogP contribution is -2.40. The van der Waals surface area contributed by atoms with Gasteiger partial charge in [-0.25, -0.2) is 0 Å². The molecule has 1 saturated carbocycles. The van der Waals surface area contributed by atoms with Crippen LogP contribution < -0.4 is 0 Å². The maximum atomic E-state index is 12.2. The summed E-state index contributed by atoms with van der Waals surface area (Å²) in [7, 11) is 1.77. The number of carbonyl (C=O) groups is 2. The SMILES string of the molecule is CN(CC(C)(C)C)C(=O)C1CCCC1C(=O)O. The van der Waals surface area contributed by atoms with E-state index in [-0.39, 0.29) is 17.2 Å². The van der Waals surface area contributed by atoms with E-state index in [0.29, 0.717) is 19.4 Å². The Hall–Kier alpha value is -1.06. The third-order valence-electron chi connectivity index (χ3n) is 3.24. The summed E-state index contributed by atoms with van der Waals surface area (Å²) in [6, 6.07) is 0. The second-order valence-corrected chi connectivity index (χ2v) is 6.24. The van der Waals surface area contributed by atoms with Gasteiger partial charge in [0.25, 0.3) is 0 Å². The zero-order valence-electron chi connectivity index (χ0n) is 11.2. The molecule has 1 aliphatic rings. The summed E-state index contributed by atoms with van der Waals surface area (Å²) in [6.45, 7) is 6.87. The molecule has 1 aliphatic carbocycles. The Balaban J connectivity index is 2.66. The van der Waals surface area contributed by atoms with E-state index >= 15 is 0 Å². The van der Waals surface area contributed by atoms with Gasteiger partial charge in [-0.2, -0.15) is 0 Å². The van der Waals surface area contributed by atoms with Crippen molar-refractivity contribution < 1.29 is 14.7 Å². The van der Waals surface area contributed by atoms with E-state index < -0.39 is 11.9 Å². The number of rotatable bonds is 3. The maximum absolute atomic E-state index is 12.2. The smallest absolute Gasteiger partial charge is 0.307 e. The molecule has 1 rings (SSSR count). The van der Waals surface area contributed by atoms with Gasteiger partial charge in [0.05, 0.1) is 11.8 Å². The van der Waals surface area contributed by atoms with Crippen LogP contribution in [-0.2, 0) is 9.59 Å². The molecule has 0 saturated heterocycles. The molecule has 0 aromatic heterocycles. The van der Waals surface area contributed by atoms with Gasteiger partial charge in [0, 0.05) is 13.6 Å². The summed E-state index contributed by atoms with van der Waals surface area (Å²) < 4.78 is 0. The summed E-state index contributed by atoms with van der Waals surface area (Å²) in [5, 5.41) is 9.08. The minimum Gasteiger partial charge on any atom is -0.481 e.